The summed E-state index contributed by atoms with van der Waals surface area (Å²) in [7, 11) is 0. The molecule has 2 N–H and O–H groups in total. The van der Waals surface area contributed by atoms with E-state index in [1.165, 1.54) is 0 Å². The lowest BCUT2D eigenvalue weighted by Crippen LogP contribution is -2.25. The summed E-state index contributed by atoms with van der Waals surface area (Å²) in [6.07, 6.45) is 1.56. The van der Waals surface area contributed by atoms with Gasteiger partial charge in [-0.15, -0.1) is 0 Å². The highest BCUT2D eigenvalue weighted by molar-refractivity contribution is 9.10. The largest absolute Gasteiger partial charge is 0.490 e. The molecule has 0 aliphatic heterocycles. The minimum atomic E-state index is -0.244. The highest BCUT2D eigenvalue weighted by Crippen LogP contribution is 2.37. The summed E-state index contributed by atoms with van der Waals surface area (Å²) in [5.41, 5.74) is 5.21. The molecule has 0 aliphatic carbocycles. The van der Waals surface area contributed by atoms with Crippen LogP contribution in [-0.2, 0) is 11.4 Å². The van der Waals surface area contributed by atoms with E-state index in [9.17, 15) is 4.79 Å². The third-order valence-corrected chi connectivity index (χ3v) is 4.78. The molecule has 0 fully saturated rings. The number of rotatable bonds is 10. The van der Waals surface area contributed by atoms with Crippen LogP contribution in [0.25, 0.3) is 0 Å². The number of benzene rings is 3. The van der Waals surface area contributed by atoms with Gasteiger partial charge in [0.25, 0.3) is 5.91 Å². The molecule has 0 bridgehead atoms. The van der Waals surface area contributed by atoms with Crippen LogP contribution >= 0.6 is 15.9 Å². The first-order chi connectivity index (χ1) is 15.2. The van der Waals surface area contributed by atoms with Crippen molar-refractivity contribution in [2.24, 2.45) is 5.10 Å². The topological polar surface area (TPSA) is 72.0 Å². The third-order valence-electron chi connectivity index (χ3n) is 4.19. The Morgan fingerprint density at radius 3 is 2.45 bits per heavy atom. The van der Waals surface area contributed by atoms with Crippen molar-refractivity contribution in [1.29, 1.82) is 0 Å². The van der Waals surface area contributed by atoms with Crippen LogP contribution in [0, 0.1) is 0 Å². The van der Waals surface area contributed by atoms with Gasteiger partial charge in [0.15, 0.2) is 11.5 Å². The Balaban J connectivity index is 1.60. The second kappa shape index (κ2) is 11.8. The van der Waals surface area contributed by atoms with Crippen molar-refractivity contribution in [1.82, 2.24) is 5.43 Å². The second-order valence-corrected chi connectivity index (χ2v) is 7.40. The molecule has 0 atom stereocenters. The maximum absolute atomic E-state index is 12.0. The van der Waals surface area contributed by atoms with Gasteiger partial charge in [0.05, 0.1) is 23.8 Å². The second-order valence-electron chi connectivity index (χ2n) is 6.55. The van der Waals surface area contributed by atoms with E-state index in [0.717, 1.165) is 21.3 Å². The molecule has 7 heteroatoms. The van der Waals surface area contributed by atoms with Crippen molar-refractivity contribution >= 4 is 33.7 Å². The van der Waals surface area contributed by atoms with Gasteiger partial charge in [-0.25, -0.2) is 5.43 Å². The molecular weight excluding hydrogens is 458 g/mol. The Morgan fingerprint density at radius 1 is 1.03 bits per heavy atom. The van der Waals surface area contributed by atoms with Gasteiger partial charge in [0.2, 0.25) is 0 Å². The van der Waals surface area contributed by atoms with Crippen LogP contribution < -0.4 is 20.2 Å². The zero-order chi connectivity index (χ0) is 21.9. The Labute approximate surface area is 190 Å². The van der Waals surface area contributed by atoms with E-state index >= 15 is 0 Å². The van der Waals surface area contributed by atoms with Gasteiger partial charge in [-0.1, -0.05) is 48.5 Å². The third kappa shape index (κ3) is 7.15. The van der Waals surface area contributed by atoms with Crippen molar-refractivity contribution in [2.45, 2.75) is 13.5 Å². The number of carbonyl (C=O) groups is 1. The fourth-order valence-electron chi connectivity index (χ4n) is 2.75. The molecule has 31 heavy (non-hydrogen) atoms. The maximum atomic E-state index is 12.0. The molecule has 160 valence electrons. The zero-order valence-electron chi connectivity index (χ0n) is 17.2. The monoisotopic (exact) mass is 481 g/mol. The quantitative estimate of drug-likeness (QED) is 0.316. The number of nitrogens with one attached hydrogen (secondary N) is 2. The highest BCUT2D eigenvalue weighted by atomic mass is 79.9. The van der Waals surface area contributed by atoms with E-state index in [1.54, 1.807) is 6.21 Å². The summed E-state index contributed by atoms with van der Waals surface area (Å²) >= 11 is 3.55. The molecule has 6 nitrogen and oxygen atoms in total. The SMILES string of the molecule is CCOc1cc(/C=N\NC(=O)CNc2ccccc2)cc(Br)c1OCc1ccccc1. The molecule has 0 radical (unpaired) electrons. The number of hydrazone groups is 1. The van der Waals surface area contributed by atoms with E-state index in [0.29, 0.717) is 24.7 Å². The normalized spacial score (nSPS) is 10.6. The average molecular weight is 482 g/mol. The molecule has 0 heterocycles. The van der Waals surface area contributed by atoms with Crippen LogP contribution in [0.2, 0.25) is 0 Å². The van der Waals surface area contributed by atoms with Crippen LogP contribution in [0.1, 0.15) is 18.1 Å². The zero-order valence-corrected chi connectivity index (χ0v) is 18.8. The molecule has 3 aromatic carbocycles. The highest BCUT2D eigenvalue weighted by Gasteiger charge is 2.12. The minimum Gasteiger partial charge on any atom is -0.490 e. The van der Waals surface area contributed by atoms with Gasteiger partial charge in [0, 0.05) is 5.69 Å². The van der Waals surface area contributed by atoms with Crippen LogP contribution in [-0.4, -0.2) is 25.3 Å². The number of para-hydroxylation sites is 1. The first kappa shape index (κ1) is 22.4. The maximum Gasteiger partial charge on any atom is 0.259 e. The predicted octanol–water partition coefficient (Wildman–Crippen LogP) is 4.99. The smallest absolute Gasteiger partial charge is 0.259 e. The van der Waals surface area contributed by atoms with Crippen LogP contribution in [0.5, 0.6) is 11.5 Å². The molecular formula is C24H24BrN3O3. The van der Waals surface area contributed by atoms with Gasteiger partial charge in [-0.2, -0.15) is 5.10 Å². The summed E-state index contributed by atoms with van der Waals surface area (Å²) in [5.74, 6) is 0.984. The van der Waals surface area contributed by atoms with Crippen molar-refractivity contribution < 1.29 is 14.3 Å². The lowest BCUT2D eigenvalue weighted by atomic mass is 10.2. The van der Waals surface area contributed by atoms with Crippen LogP contribution in [0.3, 0.4) is 0 Å². The molecule has 1 amide bonds. The Morgan fingerprint density at radius 2 is 1.74 bits per heavy atom. The summed E-state index contributed by atoms with van der Waals surface area (Å²) < 4.78 is 12.5. The number of anilines is 1. The number of halogens is 1. The summed E-state index contributed by atoms with van der Waals surface area (Å²) in [6, 6.07) is 23.1. The van der Waals surface area contributed by atoms with Crippen LogP contribution in [0.4, 0.5) is 5.69 Å². The van der Waals surface area contributed by atoms with Gasteiger partial charge < -0.3 is 14.8 Å². The van der Waals surface area contributed by atoms with Gasteiger partial charge >= 0.3 is 0 Å². The van der Waals surface area contributed by atoms with Gasteiger partial charge in [-0.05, 0) is 58.2 Å². The summed E-state index contributed by atoms with van der Waals surface area (Å²) in [4.78, 5) is 12.0. The van der Waals surface area contributed by atoms with E-state index < -0.39 is 0 Å². The Hall–Kier alpha value is -3.32. The molecule has 3 aromatic rings. The molecule has 0 saturated carbocycles. The molecule has 0 aliphatic rings. The predicted molar refractivity (Wildman–Crippen MR) is 127 cm³/mol. The fraction of sp³-hybridized carbons (Fsp3) is 0.167. The number of amides is 1. The van der Waals surface area contributed by atoms with E-state index in [2.05, 4.69) is 31.8 Å². The van der Waals surface area contributed by atoms with E-state index in [-0.39, 0.29) is 12.5 Å². The number of hydrogen-bond donors (Lipinski definition) is 2. The van der Waals surface area contributed by atoms with E-state index in [1.807, 2.05) is 79.7 Å². The summed E-state index contributed by atoms with van der Waals surface area (Å²) in [6.45, 7) is 2.96. The molecule has 0 unspecified atom stereocenters. The lowest BCUT2D eigenvalue weighted by Gasteiger charge is -2.14. The fourth-order valence-corrected chi connectivity index (χ4v) is 3.33. The van der Waals surface area contributed by atoms with Crippen molar-refractivity contribution in [2.75, 3.05) is 18.5 Å². The molecule has 0 saturated heterocycles. The minimum absolute atomic E-state index is 0.126. The number of ether oxygens (including phenoxy) is 2. The molecule has 0 aromatic heterocycles. The average Bonchev–Trinajstić information content (AvgIpc) is 2.79. The Kier molecular flexibility index (Phi) is 8.48. The molecule has 0 spiro atoms. The van der Waals surface area contributed by atoms with Crippen molar-refractivity contribution in [3.05, 3.63) is 88.4 Å². The van der Waals surface area contributed by atoms with Crippen molar-refractivity contribution in [3.63, 3.8) is 0 Å². The van der Waals surface area contributed by atoms with Crippen molar-refractivity contribution in [3.8, 4) is 11.5 Å². The first-order valence-electron chi connectivity index (χ1n) is 9.89. The Bertz CT molecular complexity index is 1010. The first-order valence-corrected chi connectivity index (χ1v) is 10.7. The number of carbonyl (C=O) groups excluding carboxylic acids is 1. The number of hydrogen-bond acceptors (Lipinski definition) is 5. The standard InChI is InChI=1S/C24H24BrN3O3/c1-2-30-22-14-19(13-21(25)24(22)31-17-18-9-5-3-6-10-18)15-27-28-23(29)16-26-20-11-7-4-8-12-20/h3-15,26H,2,16-17H2,1H3,(H,28,29)/b27-15-. The van der Waals surface area contributed by atoms with Crippen LogP contribution in [0.15, 0.2) is 82.4 Å². The molecule has 3 rings (SSSR count). The van der Waals surface area contributed by atoms with E-state index in [4.69, 9.17) is 9.47 Å². The van der Waals surface area contributed by atoms with Gasteiger partial charge in [0.1, 0.15) is 6.61 Å². The number of nitrogens with zero attached hydrogens (tertiary/aromatic N) is 1. The van der Waals surface area contributed by atoms with Gasteiger partial charge in [-0.3, -0.25) is 4.79 Å². The lowest BCUT2D eigenvalue weighted by molar-refractivity contribution is -0.119. The summed E-state index contributed by atoms with van der Waals surface area (Å²) in [5, 5.41) is 7.07.